The van der Waals surface area contributed by atoms with Crippen molar-refractivity contribution in [3.63, 3.8) is 0 Å². The topological polar surface area (TPSA) is 78.4 Å². The molecule has 0 amide bonds. The molecule has 0 aliphatic heterocycles. The number of halogens is 1. The van der Waals surface area contributed by atoms with Crippen LogP contribution in [0.15, 0.2) is 22.7 Å². The Hall–Kier alpha value is -0.790. The smallest absolute Gasteiger partial charge is 0.299 e. The lowest BCUT2D eigenvalue weighted by atomic mass is 10.2. The standard InChI is InChI=1S/C10H15BrN2O3S/c1-7(2)6-12-17(15,16)13-9-5-8(11)3-4-10(9)14/h3-5,7,12-14H,6H2,1-2H3. The Kier molecular flexibility index (Phi) is 4.79. The Morgan fingerprint density at radius 1 is 1.41 bits per heavy atom. The molecule has 0 aliphatic rings. The maximum atomic E-state index is 11.6. The van der Waals surface area contributed by atoms with E-state index in [-0.39, 0.29) is 17.4 Å². The van der Waals surface area contributed by atoms with Gasteiger partial charge in [0.2, 0.25) is 0 Å². The van der Waals surface area contributed by atoms with Gasteiger partial charge in [-0.3, -0.25) is 4.72 Å². The van der Waals surface area contributed by atoms with Gasteiger partial charge in [-0.05, 0) is 24.1 Å². The number of hydrogen-bond donors (Lipinski definition) is 3. The maximum Gasteiger partial charge on any atom is 0.299 e. The summed E-state index contributed by atoms with van der Waals surface area (Å²) >= 11 is 3.20. The zero-order valence-electron chi connectivity index (χ0n) is 9.57. The highest BCUT2D eigenvalue weighted by atomic mass is 79.9. The van der Waals surface area contributed by atoms with Gasteiger partial charge in [0.15, 0.2) is 0 Å². The summed E-state index contributed by atoms with van der Waals surface area (Å²) in [5.74, 6) is 0.0887. The van der Waals surface area contributed by atoms with Crippen LogP contribution in [0.5, 0.6) is 5.75 Å². The van der Waals surface area contributed by atoms with E-state index in [1.54, 1.807) is 6.07 Å². The van der Waals surface area contributed by atoms with Crippen molar-refractivity contribution in [2.24, 2.45) is 5.92 Å². The number of phenols is 1. The number of benzene rings is 1. The molecule has 3 N–H and O–H groups in total. The summed E-state index contributed by atoms with van der Waals surface area (Å²) < 4.78 is 28.6. The number of aromatic hydroxyl groups is 1. The molecule has 0 aliphatic carbocycles. The molecule has 0 bridgehead atoms. The fraction of sp³-hybridized carbons (Fsp3) is 0.400. The predicted molar refractivity (Wildman–Crippen MR) is 71.2 cm³/mol. The Morgan fingerprint density at radius 2 is 2.06 bits per heavy atom. The van der Waals surface area contributed by atoms with Gasteiger partial charge in [0.05, 0.1) is 5.69 Å². The second kappa shape index (κ2) is 5.70. The Bertz CT molecular complexity index is 488. The Labute approximate surface area is 110 Å². The van der Waals surface area contributed by atoms with E-state index in [1.807, 2.05) is 13.8 Å². The largest absolute Gasteiger partial charge is 0.506 e. The van der Waals surface area contributed by atoms with Crippen molar-refractivity contribution in [1.29, 1.82) is 0 Å². The van der Waals surface area contributed by atoms with Gasteiger partial charge in [0.25, 0.3) is 10.2 Å². The average Bonchev–Trinajstić information content (AvgIpc) is 2.20. The van der Waals surface area contributed by atoms with Gasteiger partial charge >= 0.3 is 0 Å². The third kappa shape index (κ3) is 4.93. The van der Waals surface area contributed by atoms with E-state index in [0.717, 1.165) is 0 Å². The van der Waals surface area contributed by atoms with E-state index in [1.165, 1.54) is 12.1 Å². The molecule has 0 radical (unpaired) electrons. The highest BCUT2D eigenvalue weighted by molar-refractivity contribution is 9.10. The maximum absolute atomic E-state index is 11.6. The lowest BCUT2D eigenvalue weighted by Gasteiger charge is -2.12. The van der Waals surface area contributed by atoms with Crippen molar-refractivity contribution in [2.45, 2.75) is 13.8 Å². The minimum atomic E-state index is -3.65. The first kappa shape index (κ1) is 14.3. The second-order valence-corrected chi connectivity index (χ2v) is 6.42. The summed E-state index contributed by atoms with van der Waals surface area (Å²) in [5.41, 5.74) is 0.135. The molecule has 0 aromatic heterocycles. The summed E-state index contributed by atoms with van der Waals surface area (Å²) in [6.45, 7) is 4.14. The highest BCUT2D eigenvalue weighted by Gasteiger charge is 2.12. The van der Waals surface area contributed by atoms with Gasteiger partial charge in [-0.25, -0.2) is 0 Å². The van der Waals surface area contributed by atoms with Crippen LogP contribution in [-0.4, -0.2) is 20.1 Å². The van der Waals surface area contributed by atoms with E-state index in [2.05, 4.69) is 25.4 Å². The van der Waals surface area contributed by atoms with Crippen LogP contribution >= 0.6 is 15.9 Å². The van der Waals surface area contributed by atoms with Crippen molar-refractivity contribution in [2.75, 3.05) is 11.3 Å². The van der Waals surface area contributed by atoms with Crippen molar-refractivity contribution in [1.82, 2.24) is 4.72 Å². The molecular formula is C10H15BrN2O3S. The first-order valence-corrected chi connectivity index (χ1v) is 7.33. The van der Waals surface area contributed by atoms with Crippen LogP contribution < -0.4 is 9.44 Å². The SMILES string of the molecule is CC(C)CNS(=O)(=O)Nc1cc(Br)ccc1O. The van der Waals surface area contributed by atoms with E-state index in [9.17, 15) is 13.5 Å². The minimum Gasteiger partial charge on any atom is -0.506 e. The summed E-state index contributed by atoms with van der Waals surface area (Å²) in [5, 5.41) is 9.50. The van der Waals surface area contributed by atoms with Crippen LogP contribution in [0, 0.1) is 5.92 Å². The molecule has 0 fully saturated rings. The molecular weight excluding hydrogens is 308 g/mol. The molecule has 0 saturated heterocycles. The van der Waals surface area contributed by atoms with Crippen molar-refractivity contribution >= 4 is 31.8 Å². The molecule has 0 heterocycles. The molecule has 17 heavy (non-hydrogen) atoms. The average molecular weight is 323 g/mol. The molecule has 0 unspecified atom stereocenters. The fourth-order valence-electron chi connectivity index (χ4n) is 1.05. The quantitative estimate of drug-likeness (QED) is 0.726. The van der Waals surface area contributed by atoms with E-state index in [0.29, 0.717) is 11.0 Å². The molecule has 7 heteroatoms. The number of rotatable bonds is 5. The van der Waals surface area contributed by atoms with Gasteiger partial charge in [0, 0.05) is 11.0 Å². The Balaban J connectivity index is 2.79. The van der Waals surface area contributed by atoms with Gasteiger partial charge in [-0.1, -0.05) is 29.8 Å². The van der Waals surface area contributed by atoms with Crippen LogP contribution in [0.1, 0.15) is 13.8 Å². The first-order valence-electron chi connectivity index (χ1n) is 5.06. The van der Waals surface area contributed by atoms with E-state index < -0.39 is 10.2 Å². The lowest BCUT2D eigenvalue weighted by molar-refractivity contribution is 0.477. The first-order chi connectivity index (χ1) is 7.80. The van der Waals surface area contributed by atoms with Crippen LogP contribution in [0.25, 0.3) is 0 Å². The molecule has 5 nitrogen and oxygen atoms in total. The highest BCUT2D eigenvalue weighted by Crippen LogP contribution is 2.27. The van der Waals surface area contributed by atoms with Gasteiger partial charge in [-0.15, -0.1) is 0 Å². The van der Waals surface area contributed by atoms with E-state index >= 15 is 0 Å². The molecule has 96 valence electrons. The Morgan fingerprint density at radius 3 is 2.65 bits per heavy atom. The predicted octanol–water partition coefficient (Wildman–Crippen LogP) is 2.06. The number of anilines is 1. The zero-order valence-corrected chi connectivity index (χ0v) is 12.0. The van der Waals surface area contributed by atoms with Gasteiger partial charge in [0.1, 0.15) is 5.75 Å². The van der Waals surface area contributed by atoms with Crippen LogP contribution in [0.2, 0.25) is 0 Å². The summed E-state index contributed by atoms with van der Waals surface area (Å²) in [4.78, 5) is 0. The summed E-state index contributed by atoms with van der Waals surface area (Å²) in [6.07, 6.45) is 0. The second-order valence-electron chi connectivity index (χ2n) is 4.01. The van der Waals surface area contributed by atoms with Crippen LogP contribution in [0.3, 0.4) is 0 Å². The third-order valence-electron chi connectivity index (χ3n) is 1.88. The summed E-state index contributed by atoms with van der Waals surface area (Å²) in [6, 6.07) is 4.52. The number of hydrogen-bond acceptors (Lipinski definition) is 3. The van der Waals surface area contributed by atoms with Gasteiger partial charge < -0.3 is 5.11 Å². The van der Waals surface area contributed by atoms with Crippen molar-refractivity contribution in [3.8, 4) is 5.75 Å². The fourth-order valence-corrected chi connectivity index (χ4v) is 2.49. The lowest BCUT2D eigenvalue weighted by Crippen LogP contribution is -2.32. The third-order valence-corrected chi connectivity index (χ3v) is 3.41. The number of phenolic OH excluding ortho intramolecular Hbond substituents is 1. The zero-order chi connectivity index (χ0) is 13.1. The van der Waals surface area contributed by atoms with Crippen molar-refractivity contribution < 1.29 is 13.5 Å². The normalized spacial score (nSPS) is 11.8. The van der Waals surface area contributed by atoms with E-state index in [4.69, 9.17) is 0 Å². The monoisotopic (exact) mass is 322 g/mol. The molecule has 0 saturated carbocycles. The van der Waals surface area contributed by atoms with Crippen LogP contribution in [-0.2, 0) is 10.2 Å². The molecule has 1 rings (SSSR count). The number of nitrogens with one attached hydrogen (secondary N) is 2. The summed E-state index contributed by atoms with van der Waals surface area (Å²) in [7, 11) is -3.65. The molecule has 1 aromatic carbocycles. The van der Waals surface area contributed by atoms with Crippen molar-refractivity contribution in [3.05, 3.63) is 22.7 Å². The molecule has 0 atom stereocenters. The molecule has 0 spiro atoms. The minimum absolute atomic E-state index is 0.122. The van der Waals surface area contributed by atoms with Gasteiger partial charge in [-0.2, -0.15) is 13.1 Å². The van der Waals surface area contributed by atoms with Crippen LogP contribution in [0.4, 0.5) is 5.69 Å². The molecule has 1 aromatic rings.